The molecule has 0 aliphatic carbocycles. The van der Waals surface area contributed by atoms with E-state index in [9.17, 15) is 9.59 Å². The molecule has 0 saturated heterocycles. The number of para-hydroxylation sites is 1. The van der Waals surface area contributed by atoms with Gasteiger partial charge in [0.2, 0.25) is 11.8 Å². The van der Waals surface area contributed by atoms with Gasteiger partial charge >= 0.3 is 0 Å². The van der Waals surface area contributed by atoms with E-state index in [1.165, 1.54) is 6.20 Å². The molecule has 1 aromatic heterocycles. The molecule has 0 atom stereocenters. The van der Waals surface area contributed by atoms with Crippen LogP contribution >= 0.6 is 0 Å². The van der Waals surface area contributed by atoms with Gasteiger partial charge in [-0.3, -0.25) is 14.6 Å². The van der Waals surface area contributed by atoms with Crippen LogP contribution in [0.2, 0.25) is 0 Å². The van der Waals surface area contributed by atoms with Gasteiger partial charge in [0.1, 0.15) is 0 Å². The lowest BCUT2D eigenvalue weighted by molar-refractivity contribution is -0.117. The van der Waals surface area contributed by atoms with E-state index in [1.54, 1.807) is 36.4 Å². The van der Waals surface area contributed by atoms with Crippen LogP contribution in [0.1, 0.15) is 11.3 Å². The van der Waals surface area contributed by atoms with E-state index in [-0.39, 0.29) is 18.7 Å². The van der Waals surface area contributed by atoms with Crippen molar-refractivity contribution in [3.8, 4) is 0 Å². The molecule has 0 fully saturated rings. The standard InChI is InChI=1S/C15H16N4O2/c16-11-5-6-12(18-9-11)8-15(21)19-13-4-2-1-3-10(13)7-14(17)20/h1-6,9H,7-8,16H2,(H2,17,20)(H,19,21). The van der Waals surface area contributed by atoms with E-state index < -0.39 is 5.91 Å². The van der Waals surface area contributed by atoms with Crippen molar-refractivity contribution in [2.75, 3.05) is 11.1 Å². The number of anilines is 2. The number of amides is 2. The van der Waals surface area contributed by atoms with Crippen LogP contribution in [0.15, 0.2) is 42.6 Å². The van der Waals surface area contributed by atoms with Crippen LogP contribution in [0.5, 0.6) is 0 Å². The highest BCUT2D eigenvalue weighted by molar-refractivity contribution is 5.93. The van der Waals surface area contributed by atoms with Crippen LogP contribution in [0, 0.1) is 0 Å². The summed E-state index contributed by atoms with van der Waals surface area (Å²) in [4.78, 5) is 27.1. The van der Waals surface area contributed by atoms with Gasteiger partial charge < -0.3 is 16.8 Å². The Bertz CT molecular complexity index is 653. The van der Waals surface area contributed by atoms with Crippen LogP contribution in [0.25, 0.3) is 0 Å². The molecular formula is C15H16N4O2. The summed E-state index contributed by atoms with van der Waals surface area (Å²) in [7, 11) is 0. The summed E-state index contributed by atoms with van der Waals surface area (Å²) in [5.41, 5.74) is 13.2. The average molecular weight is 284 g/mol. The second-order valence-electron chi connectivity index (χ2n) is 4.61. The first-order valence-electron chi connectivity index (χ1n) is 6.41. The molecule has 0 aliphatic rings. The molecule has 0 bridgehead atoms. The summed E-state index contributed by atoms with van der Waals surface area (Å²) >= 11 is 0. The molecule has 21 heavy (non-hydrogen) atoms. The minimum atomic E-state index is -0.447. The van der Waals surface area contributed by atoms with E-state index in [2.05, 4.69) is 10.3 Å². The Labute approximate surface area is 122 Å². The van der Waals surface area contributed by atoms with Gasteiger partial charge in [-0.25, -0.2) is 0 Å². The fourth-order valence-corrected chi connectivity index (χ4v) is 1.88. The Balaban J connectivity index is 2.05. The average Bonchev–Trinajstić information content (AvgIpc) is 2.43. The molecular weight excluding hydrogens is 268 g/mol. The number of rotatable bonds is 5. The van der Waals surface area contributed by atoms with Crippen LogP contribution in [-0.2, 0) is 22.4 Å². The van der Waals surface area contributed by atoms with E-state index in [4.69, 9.17) is 11.5 Å². The van der Waals surface area contributed by atoms with Crippen LogP contribution in [-0.4, -0.2) is 16.8 Å². The molecule has 1 aromatic carbocycles. The first-order chi connectivity index (χ1) is 10.0. The number of nitrogens with zero attached hydrogens (tertiary/aromatic N) is 1. The third kappa shape index (κ3) is 4.31. The van der Waals surface area contributed by atoms with Gasteiger partial charge in [0.25, 0.3) is 0 Å². The predicted octanol–water partition coefficient (Wildman–Crippen LogP) is 0.873. The molecule has 0 saturated carbocycles. The third-order valence-corrected chi connectivity index (χ3v) is 2.85. The summed E-state index contributed by atoms with van der Waals surface area (Å²) < 4.78 is 0. The Morgan fingerprint density at radius 1 is 1.10 bits per heavy atom. The lowest BCUT2D eigenvalue weighted by Crippen LogP contribution is -2.19. The number of nitrogen functional groups attached to an aromatic ring is 1. The SMILES string of the molecule is NC(=O)Cc1ccccc1NC(=O)Cc1ccc(N)cn1. The Hall–Kier alpha value is -2.89. The van der Waals surface area contributed by atoms with E-state index >= 15 is 0 Å². The van der Waals surface area contributed by atoms with Crippen molar-refractivity contribution in [1.82, 2.24) is 4.98 Å². The molecule has 2 aromatic rings. The highest BCUT2D eigenvalue weighted by Crippen LogP contribution is 2.16. The summed E-state index contributed by atoms with van der Waals surface area (Å²) in [5.74, 6) is -0.666. The smallest absolute Gasteiger partial charge is 0.230 e. The Kier molecular flexibility index (Phi) is 4.50. The molecule has 1 heterocycles. The molecule has 6 nitrogen and oxygen atoms in total. The zero-order valence-corrected chi connectivity index (χ0v) is 11.4. The third-order valence-electron chi connectivity index (χ3n) is 2.85. The number of carbonyl (C=O) groups excluding carboxylic acids is 2. The maximum atomic E-state index is 12.0. The monoisotopic (exact) mass is 284 g/mol. The molecule has 108 valence electrons. The molecule has 2 amide bonds. The zero-order valence-electron chi connectivity index (χ0n) is 11.4. The van der Waals surface area contributed by atoms with Crippen molar-refractivity contribution in [1.29, 1.82) is 0 Å². The molecule has 0 spiro atoms. The number of aromatic nitrogens is 1. The van der Waals surface area contributed by atoms with Gasteiger partial charge in [-0.05, 0) is 23.8 Å². The first-order valence-corrected chi connectivity index (χ1v) is 6.41. The number of hydrogen-bond donors (Lipinski definition) is 3. The lowest BCUT2D eigenvalue weighted by Gasteiger charge is -2.09. The van der Waals surface area contributed by atoms with E-state index in [1.807, 2.05) is 0 Å². The zero-order chi connectivity index (χ0) is 15.2. The molecule has 0 unspecified atom stereocenters. The lowest BCUT2D eigenvalue weighted by atomic mass is 10.1. The molecule has 2 rings (SSSR count). The summed E-state index contributed by atoms with van der Waals surface area (Å²) in [6, 6.07) is 10.4. The van der Waals surface area contributed by atoms with Crippen molar-refractivity contribution in [2.24, 2.45) is 5.73 Å². The predicted molar refractivity (Wildman–Crippen MR) is 80.3 cm³/mol. The normalized spacial score (nSPS) is 10.1. The molecule has 6 heteroatoms. The Morgan fingerprint density at radius 3 is 2.52 bits per heavy atom. The second kappa shape index (κ2) is 6.51. The number of hydrogen-bond acceptors (Lipinski definition) is 4. The molecule has 0 aliphatic heterocycles. The fourth-order valence-electron chi connectivity index (χ4n) is 1.88. The van der Waals surface area contributed by atoms with Crippen molar-refractivity contribution < 1.29 is 9.59 Å². The number of primary amides is 1. The highest BCUT2D eigenvalue weighted by Gasteiger charge is 2.09. The van der Waals surface area contributed by atoms with Gasteiger partial charge in [-0.2, -0.15) is 0 Å². The van der Waals surface area contributed by atoms with Crippen LogP contribution in [0.3, 0.4) is 0 Å². The van der Waals surface area contributed by atoms with Gasteiger partial charge in [-0.1, -0.05) is 18.2 Å². The van der Waals surface area contributed by atoms with Gasteiger partial charge in [0.05, 0.1) is 24.7 Å². The van der Waals surface area contributed by atoms with E-state index in [0.717, 1.165) is 0 Å². The topological polar surface area (TPSA) is 111 Å². The van der Waals surface area contributed by atoms with Crippen molar-refractivity contribution >= 4 is 23.2 Å². The molecule has 5 N–H and O–H groups in total. The first kappa shape index (κ1) is 14.5. The van der Waals surface area contributed by atoms with Crippen LogP contribution in [0.4, 0.5) is 11.4 Å². The van der Waals surface area contributed by atoms with Gasteiger partial charge in [0.15, 0.2) is 0 Å². The number of carbonyl (C=O) groups is 2. The fraction of sp³-hybridized carbons (Fsp3) is 0.133. The maximum Gasteiger partial charge on any atom is 0.230 e. The largest absolute Gasteiger partial charge is 0.397 e. The summed E-state index contributed by atoms with van der Waals surface area (Å²) in [6.45, 7) is 0. The minimum Gasteiger partial charge on any atom is -0.397 e. The van der Waals surface area contributed by atoms with Crippen LogP contribution < -0.4 is 16.8 Å². The van der Waals surface area contributed by atoms with Crippen molar-refractivity contribution in [2.45, 2.75) is 12.8 Å². The quantitative estimate of drug-likeness (QED) is 0.756. The van der Waals surface area contributed by atoms with Crippen molar-refractivity contribution in [3.05, 3.63) is 53.9 Å². The molecule has 0 radical (unpaired) electrons. The van der Waals surface area contributed by atoms with Gasteiger partial charge in [-0.15, -0.1) is 0 Å². The highest BCUT2D eigenvalue weighted by atomic mass is 16.2. The van der Waals surface area contributed by atoms with E-state index in [0.29, 0.717) is 22.6 Å². The second-order valence-corrected chi connectivity index (χ2v) is 4.61. The summed E-state index contributed by atoms with van der Waals surface area (Å²) in [5, 5.41) is 2.76. The number of pyridine rings is 1. The minimum absolute atomic E-state index is 0.0799. The number of benzene rings is 1. The Morgan fingerprint density at radius 2 is 1.86 bits per heavy atom. The van der Waals surface area contributed by atoms with Crippen molar-refractivity contribution in [3.63, 3.8) is 0 Å². The van der Waals surface area contributed by atoms with Gasteiger partial charge in [0, 0.05) is 11.4 Å². The number of nitrogens with two attached hydrogens (primary N) is 2. The number of nitrogens with one attached hydrogen (secondary N) is 1. The summed E-state index contributed by atoms with van der Waals surface area (Å²) in [6.07, 6.45) is 1.71. The maximum absolute atomic E-state index is 12.0.